The lowest BCUT2D eigenvalue weighted by Gasteiger charge is -2.22. The summed E-state index contributed by atoms with van der Waals surface area (Å²) in [6.45, 7) is 8.00. The molecule has 1 fully saturated rings. The molecule has 0 aromatic carbocycles. The number of hydrogen-bond donors (Lipinski definition) is 0. The average molecular weight is 330 g/mol. The minimum absolute atomic E-state index is 0.743. The molecular formula is C14H24BrN3O. The molecule has 1 saturated carbocycles. The summed E-state index contributed by atoms with van der Waals surface area (Å²) in [4.78, 5) is 2.52. The smallest absolute Gasteiger partial charge is 0.0767 e. The van der Waals surface area contributed by atoms with Crippen LogP contribution in [0.5, 0.6) is 0 Å². The van der Waals surface area contributed by atoms with E-state index in [1.165, 1.54) is 28.7 Å². The minimum atomic E-state index is 0.743. The summed E-state index contributed by atoms with van der Waals surface area (Å²) in [5, 5.41) is 4.67. The van der Waals surface area contributed by atoms with Gasteiger partial charge in [0.1, 0.15) is 0 Å². The van der Waals surface area contributed by atoms with Crippen LogP contribution >= 0.6 is 15.9 Å². The van der Waals surface area contributed by atoms with Crippen molar-refractivity contribution >= 4 is 15.9 Å². The van der Waals surface area contributed by atoms with E-state index in [4.69, 9.17) is 4.74 Å². The Balaban J connectivity index is 2.13. The largest absolute Gasteiger partial charge is 0.383 e. The summed E-state index contributed by atoms with van der Waals surface area (Å²) in [6.07, 6.45) is 3.62. The van der Waals surface area contributed by atoms with Crippen molar-refractivity contribution in [2.45, 2.75) is 52.2 Å². The van der Waals surface area contributed by atoms with Gasteiger partial charge in [0.2, 0.25) is 0 Å². The second kappa shape index (κ2) is 6.86. The lowest BCUT2D eigenvalue weighted by molar-refractivity contribution is 0.137. The first-order chi connectivity index (χ1) is 9.21. The van der Waals surface area contributed by atoms with Crippen LogP contribution in [-0.4, -0.2) is 41.0 Å². The summed E-state index contributed by atoms with van der Waals surface area (Å²) < 4.78 is 8.55. The average Bonchev–Trinajstić information content (AvgIpc) is 3.21. The molecule has 0 atom stereocenters. The van der Waals surface area contributed by atoms with Crippen molar-refractivity contribution in [3.63, 3.8) is 0 Å². The van der Waals surface area contributed by atoms with Gasteiger partial charge in [-0.3, -0.25) is 9.58 Å². The summed E-state index contributed by atoms with van der Waals surface area (Å²) in [7, 11) is 1.77. The summed E-state index contributed by atoms with van der Waals surface area (Å²) in [6, 6.07) is 0.743. The Labute approximate surface area is 124 Å². The summed E-state index contributed by atoms with van der Waals surface area (Å²) in [5.74, 6) is 0. The van der Waals surface area contributed by atoms with E-state index in [9.17, 15) is 0 Å². The van der Waals surface area contributed by atoms with Crippen molar-refractivity contribution in [1.82, 2.24) is 14.7 Å². The van der Waals surface area contributed by atoms with Gasteiger partial charge in [-0.05, 0) is 42.1 Å². The van der Waals surface area contributed by atoms with Crippen molar-refractivity contribution in [3.05, 3.63) is 15.9 Å². The fraction of sp³-hybridized carbons (Fsp3) is 0.786. The highest BCUT2D eigenvalue weighted by atomic mass is 79.9. The van der Waals surface area contributed by atoms with Gasteiger partial charge < -0.3 is 4.74 Å². The highest BCUT2D eigenvalue weighted by Crippen LogP contribution is 2.30. The van der Waals surface area contributed by atoms with E-state index in [1.807, 2.05) is 0 Å². The van der Waals surface area contributed by atoms with Crippen LogP contribution < -0.4 is 0 Å². The van der Waals surface area contributed by atoms with Gasteiger partial charge >= 0.3 is 0 Å². The van der Waals surface area contributed by atoms with E-state index >= 15 is 0 Å². The van der Waals surface area contributed by atoms with Crippen LogP contribution in [0.1, 0.15) is 38.1 Å². The van der Waals surface area contributed by atoms with Gasteiger partial charge in [-0.1, -0.05) is 6.92 Å². The summed E-state index contributed by atoms with van der Waals surface area (Å²) in [5.41, 5.74) is 2.47. The maximum absolute atomic E-state index is 5.23. The zero-order valence-electron chi connectivity index (χ0n) is 12.2. The van der Waals surface area contributed by atoms with Crippen LogP contribution in [0.2, 0.25) is 0 Å². The fourth-order valence-electron chi connectivity index (χ4n) is 2.40. The number of aryl methyl sites for hydroxylation is 2. The Hall–Kier alpha value is -0.390. The standard InChI is InChI=1S/C14H24BrN3O/c1-4-12-14(15)13(18(5-2)16-12)10-17(8-9-19-3)11-6-7-11/h11H,4-10H2,1-3H3. The predicted molar refractivity (Wildman–Crippen MR) is 80.3 cm³/mol. The molecule has 1 aliphatic carbocycles. The van der Waals surface area contributed by atoms with Gasteiger partial charge in [-0.15, -0.1) is 0 Å². The topological polar surface area (TPSA) is 30.3 Å². The minimum Gasteiger partial charge on any atom is -0.383 e. The van der Waals surface area contributed by atoms with E-state index in [1.54, 1.807) is 7.11 Å². The molecule has 19 heavy (non-hydrogen) atoms. The first-order valence-corrected chi connectivity index (χ1v) is 7.97. The monoisotopic (exact) mass is 329 g/mol. The fourth-order valence-corrected chi connectivity index (χ4v) is 3.09. The second-order valence-corrected chi connectivity index (χ2v) is 5.86. The van der Waals surface area contributed by atoms with E-state index in [-0.39, 0.29) is 0 Å². The highest BCUT2D eigenvalue weighted by Gasteiger charge is 2.30. The molecule has 0 amide bonds. The number of hydrogen-bond acceptors (Lipinski definition) is 3. The number of aromatic nitrogens is 2. The van der Waals surface area contributed by atoms with Crippen LogP contribution in [0.4, 0.5) is 0 Å². The van der Waals surface area contributed by atoms with E-state index in [2.05, 4.69) is 44.5 Å². The molecule has 1 aromatic heterocycles. The molecule has 4 nitrogen and oxygen atoms in total. The molecular weight excluding hydrogens is 306 g/mol. The lowest BCUT2D eigenvalue weighted by atomic mass is 10.3. The molecule has 2 rings (SSSR count). The van der Waals surface area contributed by atoms with Crippen LogP contribution in [0.25, 0.3) is 0 Å². The molecule has 5 heteroatoms. The molecule has 0 radical (unpaired) electrons. The van der Waals surface area contributed by atoms with Crippen molar-refractivity contribution in [1.29, 1.82) is 0 Å². The van der Waals surface area contributed by atoms with Gasteiger partial charge in [0, 0.05) is 32.8 Å². The van der Waals surface area contributed by atoms with Crippen LogP contribution in [0.15, 0.2) is 4.47 Å². The van der Waals surface area contributed by atoms with Crippen LogP contribution in [-0.2, 0) is 24.2 Å². The molecule has 0 N–H and O–H groups in total. The Kier molecular flexibility index (Phi) is 5.42. The Morgan fingerprint density at radius 2 is 2.16 bits per heavy atom. The molecule has 0 aliphatic heterocycles. The van der Waals surface area contributed by atoms with Crippen molar-refractivity contribution in [3.8, 4) is 0 Å². The van der Waals surface area contributed by atoms with Crippen molar-refractivity contribution in [2.75, 3.05) is 20.3 Å². The number of rotatable bonds is 8. The Morgan fingerprint density at radius 3 is 2.68 bits per heavy atom. The van der Waals surface area contributed by atoms with Crippen LogP contribution in [0, 0.1) is 0 Å². The number of halogens is 1. The molecule has 108 valence electrons. The van der Waals surface area contributed by atoms with Gasteiger partial charge in [-0.25, -0.2) is 0 Å². The first kappa shape index (κ1) is 15.0. The van der Waals surface area contributed by atoms with E-state index in [0.717, 1.165) is 38.7 Å². The van der Waals surface area contributed by atoms with Gasteiger partial charge in [0.05, 0.1) is 22.5 Å². The molecule has 1 aromatic rings. The predicted octanol–water partition coefficient (Wildman–Crippen LogP) is 2.84. The maximum Gasteiger partial charge on any atom is 0.0767 e. The third-order valence-corrected chi connectivity index (χ3v) is 4.61. The SMILES string of the molecule is CCc1nn(CC)c(CN(CCOC)C2CC2)c1Br. The maximum atomic E-state index is 5.23. The van der Waals surface area contributed by atoms with Crippen molar-refractivity contribution < 1.29 is 4.74 Å². The number of nitrogens with zero attached hydrogens (tertiary/aromatic N) is 3. The van der Waals surface area contributed by atoms with Crippen molar-refractivity contribution in [2.24, 2.45) is 0 Å². The third-order valence-electron chi connectivity index (χ3n) is 3.69. The van der Waals surface area contributed by atoms with Gasteiger partial charge in [-0.2, -0.15) is 5.10 Å². The van der Waals surface area contributed by atoms with Crippen LogP contribution in [0.3, 0.4) is 0 Å². The van der Waals surface area contributed by atoms with Gasteiger partial charge in [0.25, 0.3) is 0 Å². The zero-order chi connectivity index (χ0) is 13.8. The van der Waals surface area contributed by atoms with E-state index < -0.39 is 0 Å². The molecule has 0 saturated heterocycles. The molecule has 0 unspecified atom stereocenters. The normalized spacial score (nSPS) is 15.4. The van der Waals surface area contributed by atoms with Gasteiger partial charge in [0.15, 0.2) is 0 Å². The lowest BCUT2D eigenvalue weighted by Crippen LogP contribution is -2.30. The highest BCUT2D eigenvalue weighted by molar-refractivity contribution is 9.10. The summed E-state index contributed by atoms with van der Waals surface area (Å²) >= 11 is 3.73. The second-order valence-electron chi connectivity index (χ2n) is 5.07. The number of ether oxygens (including phenoxy) is 1. The zero-order valence-corrected chi connectivity index (χ0v) is 13.7. The Bertz CT molecular complexity index is 415. The quantitative estimate of drug-likeness (QED) is 0.734. The first-order valence-electron chi connectivity index (χ1n) is 7.18. The number of methoxy groups -OCH3 is 1. The molecule has 1 aliphatic rings. The molecule has 0 spiro atoms. The Morgan fingerprint density at radius 1 is 1.42 bits per heavy atom. The van der Waals surface area contributed by atoms with E-state index in [0.29, 0.717) is 0 Å². The third kappa shape index (κ3) is 3.58. The molecule has 1 heterocycles. The molecule has 0 bridgehead atoms.